The Bertz CT molecular complexity index is 619. The Balaban J connectivity index is 2.11. The molecule has 0 amide bonds. The molecule has 2 heteroatoms. The summed E-state index contributed by atoms with van der Waals surface area (Å²) in [5.74, 6) is 0. The van der Waals surface area contributed by atoms with E-state index in [-0.39, 0.29) is 0 Å². The van der Waals surface area contributed by atoms with Crippen molar-refractivity contribution in [2.75, 3.05) is 10.9 Å². The van der Waals surface area contributed by atoms with Crippen LogP contribution < -0.4 is 10.9 Å². The van der Waals surface area contributed by atoms with Crippen molar-refractivity contribution in [3.05, 3.63) is 59.2 Å². The second-order valence-electron chi connectivity index (χ2n) is 6.50. The van der Waals surface area contributed by atoms with E-state index in [4.69, 9.17) is 0 Å². The highest BCUT2D eigenvalue weighted by atomic mass is 15.4. The van der Waals surface area contributed by atoms with Gasteiger partial charge < -0.3 is 10.9 Å². The van der Waals surface area contributed by atoms with Gasteiger partial charge in [0.05, 0.1) is 11.4 Å². The average molecular weight is 325 g/mol. The predicted octanol–water partition coefficient (Wildman–Crippen LogP) is 6.37. The van der Waals surface area contributed by atoms with Gasteiger partial charge in [0, 0.05) is 0 Å². The summed E-state index contributed by atoms with van der Waals surface area (Å²) < 4.78 is 0. The standard InChI is InChI=1S/C22H32N2/c1-4-7-10-19-14-15-20(12-8-5-2)22(17-19)24-23-21-13-9-11-18(6-3)16-21/h9,11,13-17,23-24H,4-8,10,12H2,1-3H3. The van der Waals surface area contributed by atoms with Gasteiger partial charge in [-0.3, -0.25) is 0 Å². The minimum atomic E-state index is 1.06. The highest BCUT2D eigenvalue weighted by molar-refractivity contribution is 5.58. The molecular formula is C22H32N2. The van der Waals surface area contributed by atoms with Crippen molar-refractivity contribution in [3.63, 3.8) is 0 Å². The lowest BCUT2D eigenvalue weighted by Crippen LogP contribution is -2.11. The van der Waals surface area contributed by atoms with E-state index in [9.17, 15) is 0 Å². The van der Waals surface area contributed by atoms with Crippen molar-refractivity contribution >= 4 is 11.4 Å². The number of hydrogen-bond acceptors (Lipinski definition) is 2. The first-order valence-electron chi connectivity index (χ1n) is 9.49. The number of unbranched alkanes of at least 4 members (excludes halogenated alkanes) is 2. The number of benzene rings is 2. The molecule has 0 heterocycles. The largest absolute Gasteiger partial charge is 0.301 e. The first-order valence-corrected chi connectivity index (χ1v) is 9.49. The van der Waals surface area contributed by atoms with Crippen LogP contribution in [-0.2, 0) is 19.3 Å². The fraction of sp³-hybridized carbons (Fsp3) is 0.455. The molecule has 2 rings (SSSR count). The second kappa shape index (κ2) is 10.0. The lowest BCUT2D eigenvalue weighted by atomic mass is 10.0. The molecule has 0 radical (unpaired) electrons. The maximum absolute atomic E-state index is 3.46. The van der Waals surface area contributed by atoms with Gasteiger partial charge in [-0.05, 0) is 67.0 Å². The van der Waals surface area contributed by atoms with Crippen LogP contribution in [0.3, 0.4) is 0 Å². The van der Waals surface area contributed by atoms with E-state index >= 15 is 0 Å². The van der Waals surface area contributed by atoms with Crippen LogP contribution in [0.4, 0.5) is 11.4 Å². The van der Waals surface area contributed by atoms with E-state index in [1.165, 1.54) is 48.1 Å². The lowest BCUT2D eigenvalue weighted by Gasteiger charge is -2.16. The van der Waals surface area contributed by atoms with Gasteiger partial charge in [0.1, 0.15) is 0 Å². The molecule has 2 nitrogen and oxygen atoms in total. The summed E-state index contributed by atoms with van der Waals surface area (Å²) in [6.07, 6.45) is 8.29. The molecule has 0 unspecified atom stereocenters. The van der Waals surface area contributed by atoms with Crippen LogP contribution in [-0.4, -0.2) is 0 Å². The van der Waals surface area contributed by atoms with Gasteiger partial charge >= 0.3 is 0 Å². The van der Waals surface area contributed by atoms with Crippen LogP contribution in [0, 0.1) is 0 Å². The van der Waals surface area contributed by atoms with Gasteiger partial charge in [-0.25, -0.2) is 0 Å². The summed E-state index contributed by atoms with van der Waals surface area (Å²) in [5, 5.41) is 0. The van der Waals surface area contributed by atoms with Crippen molar-refractivity contribution in [2.24, 2.45) is 0 Å². The molecule has 0 aromatic heterocycles. The minimum Gasteiger partial charge on any atom is -0.301 e. The maximum atomic E-state index is 3.46. The van der Waals surface area contributed by atoms with E-state index in [1.807, 2.05) is 0 Å². The van der Waals surface area contributed by atoms with Crippen LogP contribution in [0.15, 0.2) is 42.5 Å². The van der Waals surface area contributed by atoms with Crippen LogP contribution >= 0.6 is 0 Å². The first kappa shape index (κ1) is 18.4. The van der Waals surface area contributed by atoms with E-state index in [2.05, 4.69) is 74.1 Å². The van der Waals surface area contributed by atoms with Crippen molar-refractivity contribution in [3.8, 4) is 0 Å². The van der Waals surface area contributed by atoms with Gasteiger partial charge in [-0.15, -0.1) is 0 Å². The third-order valence-electron chi connectivity index (χ3n) is 4.47. The Labute approximate surface area is 147 Å². The number of hydrazine groups is 1. The van der Waals surface area contributed by atoms with Gasteiger partial charge in [0.25, 0.3) is 0 Å². The molecule has 0 aliphatic rings. The number of nitrogens with one attached hydrogen (secondary N) is 2. The zero-order valence-electron chi connectivity index (χ0n) is 15.5. The molecule has 0 atom stereocenters. The average Bonchev–Trinajstić information content (AvgIpc) is 2.63. The molecule has 2 N–H and O–H groups in total. The van der Waals surface area contributed by atoms with Gasteiger partial charge in [0.2, 0.25) is 0 Å². The molecule has 24 heavy (non-hydrogen) atoms. The van der Waals surface area contributed by atoms with Crippen molar-refractivity contribution in [1.82, 2.24) is 0 Å². The van der Waals surface area contributed by atoms with Crippen molar-refractivity contribution < 1.29 is 0 Å². The highest BCUT2D eigenvalue weighted by Crippen LogP contribution is 2.22. The number of anilines is 2. The van der Waals surface area contributed by atoms with Gasteiger partial charge in [-0.2, -0.15) is 0 Å². The van der Waals surface area contributed by atoms with E-state index in [0.717, 1.165) is 24.9 Å². The number of rotatable bonds is 10. The monoisotopic (exact) mass is 324 g/mol. The van der Waals surface area contributed by atoms with E-state index in [0.29, 0.717) is 0 Å². The van der Waals surface area contributed by atoms with E-state index < -0.39 is 0 Å². The summed E-state index contributed by atoms with van der Waals surface area (Å²) in [4.78, 5) is 0. The van der Waals surface area contributed by atoms with Gasteiger partial charge in [0.15, 0.2) is 0 Å². The third-order valence-corrected chi connectivity index (χ3v) is 4.47. The maximum Gasteiger partial charge on any atom is 0.0574 e. The first-order chi connectivity index (χ1) is 11.8. The molecule has 0 bridgehead atoms. The molecule has 2 aromatic carbocycles. The molecule has 0 aliphatic carbocycles. The summed E-state index contributed by atoms with van der Waals surface area (Å²) in [6, 6.07) is 15.5. The molecule has 0 spiro atoms. The fourth-order valence-corrected chi connectivity index (χ4v) is 2.87. The SMILES string of the molecule is CCCCc1ccc(CCCC)c(NNc2cccc(CC)c2)c1. The molecule has 0 saturated carbocycles. The predicted molar refractivity (Wildman–Crippen MR) is 107 cm³/mol. The normalized spacial score (nSPS) is 10.6. The van der Waals surface area contributed by atoms with Crippen molar-refractivity contribution in [2.45, 2.75) is 65.7 Å². The Hall–Kier alpha value is -1.96. The summed E-state index contributed by atoms with van der Waals surface area (Å²) >= 11 is 0. The number of hydrogen-bond donors (Lipinski definition) is 2. The topological polar surface area (TPSA) is 24.1 Å². The zero-order chi connectivity index (χ0) is 17.2. The van der Waals surface area contributed by atoms with Gasteiger partial charge in [-0.1, -0.05) is 57.9 Å². The molecule has 0 saturated heterocycles. The quantitative estimate of drug-likeness (QED) is 0.496. The Morgan fingerprint density at radius 2 is 1.54 bits per heavy atom. The van der Waals surface area contributed by atoms with Crippen LogP contribution in [0.2, 0.25) is 0 Å². The summed E-state index contributed by atoms with van der Waals surface area (Å²) in [6.45, 7) is 6.68. The molecule has 0 fully saturated rings. The van der Waals surface area contributed by atoms with Crippen LogP contribution in [0.5, 0.6) is 0 Å². The minimum absolute atomic E-state index is 1.06. The molecular weight excluding hydrogens is 292 g/mol. The highest BCUT2D eigenvalue weighted by Gasteiger charge is 2.04. The molecule has 130 valence electrons. The van der Waals surface area contributed by atoms with Crippen LogP contribution in [0.25, 0.3) is 0 Å². The summed E-state index contributed by atoms with van der Waals surface area (Å²) in [7, 11) is 0. The Kier molecular flexibility index (Phi) is 7.67. The smallest absolute Gasteiger partial charge is 0.0574 e. The zero-order valence-corrected chi connectivity index (χ0v) is 15.5. The number of aryl methyl sites for hydroxylation is 3. The third kappa shape index (κ3) is 5.59. The summed E-state index contributed by atoms with van der Waals surface area (Å²) in [5.41, 5.74) is 13.4. The molecule has 0 aliphatic heterocycles. The fourth-order valence-electron chi connectivity index (χ4n) is 2.87. The molecule has 2 aromatic rings. The Morgan fingerprint density at radius 3 is 2.29 bits per heavy atom. The van der Waals surface area contributed by atoms with Crippen LogP contribution in [0.1, 0.15) is 63.1 Å². The Morgan fingerprint density at radius 1 is 0.750 bits per heavy atom. The van der Waals surface area contributed by atoms with Crippen molar-refractivity contribution in [1.29, 1.82) is 0 Å². The van der Waals surface area contributed by atoms with E-state index in [1.54, 1.807) is 0 Å². The lowest BCUT2D eigenvalue weighted by molar-refractivity contribution is 0.786. The second-order valence-corrected chi connectivity index (χ2v) is 6.50.